The van der Waals surface area contributed by atoms with Gasteiger partial charge >= 0.3 is 6.03 Å². The number of primary amides is 1. The Morgan fingerprint density at radius 2 is 2.40 bits per heavy atom. The third kappa shape index (κ3) is 2.02. The fourth-order valence-corrected chi connectivity index (χ4v) is 2.81. The quantitative estimate of drug-likeness (QED) is 0.714. The average molecular weight is 224 g/mol. The number of nitrogens with two attached hydrogens (primary N) is 1. The Kier molecular flexibility index (Phi) is 2.73. The van der Waals surface area contributed by atoms with Crippen LogP contribution in [-0.2, 0) is 0 Å². The summed E-state index contributed by atoms with van der Waals surface area (Å²) in [5.74, 6) is 0.175. The van der Waals surface area contributed by atoms with Gasteiger partial charge < -0.3 is 11.1 Å². The molecule has 0 saturated heterocycles. The summed E-state index contributed by atoms with van der Waals surface area (Å²) in [6.07, 6.45) is 2.13. The normalized spacial score (nSPS) is 20.5. The van der Waals surface area contributed by atoms with Crippen molar-refractivity contribution in [2.24, 2.45) is 5.73 Å². The van der Waals surface area contributed by atoms with Gasteiger partial charge in [0.25, 0.3) is 0 Å². The Labute approximate surface area is 91.5 Å². The average Bonchev–Trinajstić information content (AvgIpc) is 2.59. The number of hydrogen-bond acceptors (Lipinski definition) is 3. The van der Waals surface area contributed by atoms with E-state index in [0.717, 1.165) is 23.3 Å². The maximum atomic E-state index is 11.7. The number of hydrogen-bond donors (Lipinski definition) is 2. The highest BCUT2D eigenvalue weighted by atomic mass is 32.1. The standard InChI is InChI=1S/C10H12N2O2S/c11-10(14)12-7-2-1-3-8(13)9-6(7)4-5-15-9/h4-5,7H,1-3H2,(H3,11,12,14). The molecule has 5 heteroatoms. The van der Waals surface area contributed by atoms with Crippen molar-refractivity contribution in [1.82, 2.24) is 5.32 Å². The van der Waals surface area contributed by atoms with Gasteiger partial charge in [-0.3, -0.25) is 4.79 Å². The van der Waals surface area contributed by atoms with E-state index in [4.69, 9.17) is 5.73 Å². The molecule has 0 spiro atoms. The number of rotatable bonds is 1. The summed E-state index contributed by atoms with van der Waals surface area (Å²) >= 11 is 1.44. The lowest BCUT2D eigenvalue weighted by molar-refractivity contribution is 0.0986. The van der Waals surface area contributed by atoms with Crippen LogP contribution in [0.15, 0.2) is 11.4 Å². The van der Waals surface area contributed by atoms with Crippen LogP contribution in [0.2, 0.25) is 0 Å². The van der Waals surface area contributed by atoms with Gasteiger partial charge in [-0.1, -0.05) is 0 Å². The minimum atomic E-state index is -0.536. The minimum absolute atomic E-state index is 0.102. The van der Waals surface area contributed by atoms with Crippen molar-refractivity contribution in [3.05, 3.63) is 21.9 Å². The number of carbonyl (C=O) groups is 2. The predicted octanol–water partition coefficient (Wildman–Crippen LogP) is 1.82. The molecule has 1 aliphatic rings. The van der Waals surface area contributed by atoms with Gasteiger partial charge in [0.1, 0.15) is 0 Å². The summed E-state index contributed by atoms with van der Waals surface area (Å²) in [5.41, 5.74) is 6.02. The second-order valence-corrected chi connectivity index (χ2v) is 4.50. The third-order valence-corrected chi connectivity index (χ3v) is 3.51. The van der Waals surface area contributed by atoms with Crippen LogP contribution in [0.4, 0.5) is 4.79 Å². The summed E-state index contributed by atoms with van der Waals surface area (Å²) in [4.78, 5) is 23.3. The zero-order chi connectivity index (χ0) is 10.8. The number of thiophene rings is 1. The predicted molar refractivity (Wildman–Crippen MR) is 58.0 cm³/mol. The molecule has 15 heavy (non-hydrogen) atoms. The molecule has 0 aliphatic heterocycles. The summed E-state index contributed by atoms with van der Waals surface area (Å²) < 4.78 is 0. The molecule has 1 aromatic rings. The lowest BCUT2D eigenvalue weighted by Gasteiger charge is -2.14. The second kappa shape index (κ2) is 4.02. The fraction of sp³-hybridized carbons (Fsp3) is 0.400. The Hall–Kier alpha value is -1.36. The van der Waals surface area contributed by atoms with Crippen LogP contribution >= 0.6 is 11.3 Å². The molecule has 2 amide bonds. The van der Waals surface area contributed by atoms with Crippen LogP contribution in [0.5, 0.6) is 0 Å². The first-order valence-electron chi connectivity index (χ1n) is 4.85. The molecule has 0 bridgehead atoms. The van der Waals surface area contributed by atoms with Gasteiger partial charge in [-0.05, 0) is 29.9 Å². The summed E-state index contributed by atoms with van der Waals surface area (Å²) in [6, 6.07) is 1.26. The second-order valence-electron chi connectivity index (χ2n) is 3.58. The number of ketones is 1. The Bertz CT molecular complexity index is 400. The molecule has 1 unspecified atom stereocenters. The minimum Gasteiger partial charge on any atom is -0.352 e. The van der Waals surface area contributed by atoms with Crippen molar-refractivity contribution in [2.45, 2.75) is 25.3 Å². The maximum Gasteiger partial charge on any atom is 0.312 e. The van der Waals surface area contributed by atoms with Crippen molar-refractivity contribution < 1.29 is 9.59 Å². The van der Waals surface area contributed by atoms with Crippen LogP contribution < -0.4 is 11.1 Å². The van der Waals surface area contributed by atoms with E-state index in [1.54, 1.807) is 0 Å². The fourth-order valence-electron chi connectivity index (χ4n) is 1.88. The molecule has 1 aromatic heterocycles. The Morgan fingerprint density at radius 3 is 3.13 bits per heavy atom. The largest absolute Gasteiger partial charge is 0.352 e. The van der Waals surface area contributed by atoms with Crippen molar-refractivity contribution in [1.29, 1.82) is 0 Å². The van der Waals surface area contributed by atoms with E-state index < -0.39 is 6.03 Å². The highest BCUT2D eigenvalue weighted by molar-refractivity contribution is 7.12. The molecule has 1 aliphatic carbocycles. The maximum absolute atomic E-state index is 11.7. The lowest BCUT2D eigenvalue weighted by Crippen LogP contribution is -2.33. The van der Waals surface area contributed by atoms with Crippen LogP contribution in [0.3, 0.4) is 0 Å². The van der Waals surface area contributed by atoms with Gasteiger partial charge in [0.2, 0.25) is 0 Å². The van der Waals surface area contributed by atoms with E-state index in [1.807, 2.05) is 11.4 Å². The first kappa shape index (κ1) is 10.2. The SMILES string of the molecule is NC(=O)NC1CCCC(=O)c2sccc21. The topological polar surface area (TPSA) is 72.2 Å². The highest BCUT2D eigenvalue weighted by Gasteiger charge is 2.24. The van der Waals surface area contributed by atoms with Gasteiger partial charge in [0, 0.05) is 6.42 Å². The molecular weight excluding hydrogens is 212 g/mol. The molecule has 0 aromatic carbocycles. The monoisotopic (exact) mass is 224 g/mol. The van der Waals surface area contributed by atoms with Crippen molar-refractivity contribution in [3.8, 4) is 0 Å². The van der Waals surface area contributed by atoms with Crippen molar-refractivity contribution in [2.75, 3.05) is 0 Å². The molecule has 1 heterocycles. The molecule has 1 atom stereocenters. The molecule has 2 rings (SSSR count). The number of fused-ring (bicyclic) bond motifs is 1. The smallest absolute Gasteiger partial charge is 0.312 e. The van der Waals surface area contributed by atoms with E-state index in [9.17, 15) is 9.59 Å². The van der Waals surface area contributed by atoms with E-state index in [-0.39, 0.29) is 11.8 Å². The van der Waals surface area contributed by atoms with Gasteiger partial charge in [0.05, 0.1) is 10.9 Å². The third-order valence-electron chi connectivity index (χ3n) is 2.54. The number of nitrogens with one attached hydrogen (secondary N) is 1. The number of amides is 2. The van der Waals surface area contributed by atoms with Gasteiger partial charge in [-0.15, -0.1) is 11.3 Å². The molecule has 3 N–H and O–H groups in total. The van der Waals surface area contributed by atoms with Gasteiger partial charge in [0.15, 0.2) is 5.78 Å². The molecular formula is C10H12N2O2S. The van der Waals surface area contributed by atoms with E-state index in [1.165, 1.54) is 11.3 Å². The zero-order valence-electron chi connectivity index (χ0n) is 8.16. The van der Waals surface area contributed by atoms with Crippen LogP contribution in [0.1, 0.15) is 40.5 Å². The molecule has 4 nitrogen and oxygen atoms in total. The van der Waals surface area contributed by atoms with Crippen LogP contribution in [0, 0.1) is 0 Å². The Balaban J connectivity index is 2.31. The molecule has 0 saturated carbocycles. The number of carbonyl (C=O) groups excluding carboxylic acids is 2. The Morgan fingerprint density at radius 1 is 1.60 bits per heavy atom. The summed E-state index contributed by atoms with van der Waals surface area (Å²) in [6.45, 7) is 0. The molecule has 80 valence electrons. The lowest BCUT2D eigenvalue weighted by atomic mass is 10.1. The van der Waals surface area contributed by atoms with E-state index >= 15 is 0 Å². The van der Waals surface area contributed by atoms with E-state index in [2.05, 4.69) is 5.32 Å². The first-order chi connectivity index (χ1) is 7.18. The number of urea groups is 1. The number of Topliss-reactive ketones (excluding diaryl/α,β-unsaturated/α-hetero) is 1. The van der Waals surface area contributed by atoms with Crippen LogP contribution in [-0.4, -0.2) is 11.8 Å². The summed E-state index contributed by atoms with van der Waals surface area (Å²) in [7, 11) is 0. The van der Waals surface area contributed by atoms with Gasteiger partial charge in [-0.2, -0.15) is 0 Å². The zero-order valence-corrected chi connectivity index (χ0v) is 8.97. The molecule has 0 fully saturated rings. The van der Waals surface area contributed by atoms with Crippen molar-refractivity contribution in [3.63, 3.8) is 0 Å². The van der Waals surface area contributed by atoms with Gasteiger partial charge in [-0.25, -0.2) is 4.79 Å². The molecule has 0 radical (unpaired) electrons. The van der Waals surface area contributed by atoms with Crippen molar-refractivity contribution >= 4 is 23.2 Å². The van der Waals surface area contributed by atoms with Crippen LogP contribution in [0.25, 0.3) is 0 Å². The van der Waals surface area contributed by atoms with E-state index in [0.29, 0.717) is 6.42 Å². The summed E-state index contributed by atoms with van der Waals surface area (Å²) in [5, 5.41) is 4.56. The highest BCUT2D eigenvalue weighted by Crippen LogP contribution is 2.31. The first-order valence-corrected chi connectivity index (χ1v) is 5.73.